The minimum absolute atomic E-state index is 0.0272. The van der Waals surface area contributed by atoms with Crippen LogP contribution in [0, 0.1) is 27.7 Å². The smallest absolute Gasteiger partial charge is 0.244 e. The van der Waals surface area contributed by atoms with E-state index in [1.54, 1.807) is 6.20 Å². The predicted molar refractivity (Wildman–Crippen MR) is 102 cm³/mol. The van der Waals surface area contributed by atoms with E-state index in [0.717, 1.165) is 27.9 Å². The van der Waals surface area contributed by atoms with Gasteiger partial charge in [-0.2, -0.15) is 0 Å². The molecule has 4 nitrogen and oxygen atoms in total. The van der Waals surface area contributed by atoms with E-state index in [9.17, 15) is 9.59 Å². The number of carbonyl (C=O) groups excluding carboxylic acids is 1. The quantitative estimate of drug-likeness (QED) is 0.790. The van der Waals surface area contributed by atoms with Crippen molar-refractivity contribution in [3.8, 4) is 0 Å². The molecule has 0 fully saturated rings. The van der Waals surface area contributed by atoms with Gasteiger partial charge < -0.3 is 9.88 Å². The maximum Gasteiger partial charge on any atom is 0.244 e. The summed E-state index contributed by atoms with van der Waals surface area (Å²) in [6, 6.07) is 11.3. The lowest BCUT2D eigenvalue weighted by Gasteiger charge is -2.15. The third-order valence-corrected chi connectivity index (χ3v) is 4.39. The zero-order chi connectivity index (χ0) is 18.1. The van der Waals surface area contributed by atoms with Crippen LogP contribution in [-0.2, 0) is 11.3 Å². The van der Waals surface area contributed by atoms with Gasteiger partial charge in [-0.3, -0.25) is 9.59 Å². The summed E-state index contributed by atoms with van der Waals surface area (Å²) in [5.74, 6) is -0.111. The predicted octanol–water partition coefficient (Wildman–Crippen LogP) is 3.87. The summed E-state index contributed by atoms with van der Waals surface area (Å²) in [6.45, 7) is 8.14. The van der Waals surface area contributed by atoms with Crippen LogP contribution in [0.5, 0.6) is 0 Å². The lowest BCUT2D eigenvalue weighted by molar-refractivity contribution is -0.116. The molecule has 0 unspecified atom stereocenters. The van der Waals surface area contributed by atoms with E-state index in [1.165, 1.54) is 11.6 Å². The highest BCUT2D eigenvalue weighted by atomic mass is 16.2. The summed E-state index contributed by atoms with van der Waals surface area (Å²) < 4.78 is 1.81. The van der Waals surface area contributed by atoms with Gasteiger partial charge in [0.25, 0.3) is 0 Å². The highest BCUT2D eigenvalue weighted by Gasteiger charge is 2.11. The van der Waals surface area contributed by atoms with Crippen molar-refractivity contribution in [1.82, 2.24) is 4.57 Å². The first kappa shape index (κ1) is 17.0. The van der Waals surface area contributed by atoms with Crippen molar-refractivity contribution >= 4 is 22.5 Å². The number of carbonyl (C=O) groups is 1. The van der Waals surface area contributed by atoms with E-state index < -0.39 is 0 Å². The van der Waals surface area contributed by atoms with Gasteiger partial charge >= 0.3 is 0 Å². The highest BCUT2D eigenvalue weighted by Crippen LogP contribution is 2.22. The van der Waals surface area contributed by atoms with E-state index in [1.807, 2.05) is 50.5 Å². The second-order valence-electron chi connectivity index (χ2n) is 6.65. The molecular weight excluding hydrogens is 312 g/mol. The number of hydrogen-bond acceptors (Lipinski definition) is 2. The topological polar surface area (TPSA) is 51.1 Å². The van der Waals surface area contributed by atoms with Gasteiger partial charge in [-0.25, -0.2) is 0 Å². The zero-order valence-electron chi connectivity index (χ0n) is 15.0. The molecule has 0 spiro atoms. The van der Waals surface area contributed by atoms with Crippen LogP contribution in [0.15, 0.2) is 47.4 Å². The Hall–Kier alpha value is -2.88. The van der Waals surface area contributed by atoms with E-state index in [2.05, 4.69) is 17.4 Å². The molecule has 128 valence electrons. The molecule has 0 saturated heterocycles. The lowest BCUT2D eigenvalue weighted by atomic mass is 10.1. The van der Waals surface area contributed by atoms with Crippen LogP contribution in [0.4, 0.5) is 5.69 Å². The van der Waals surface area contributed by atoms with Gasteiger partial charge in [0.1, 0.15) is 6.54 Å². The SMILES string of the molecule is Cc1cc(C)c(NC(=O)Cn2ccc(=O)c3cc(C)ccc32)c(C)c1. The average molecular weight is 334 g/mol. The van der Waals surface area contributed by atoms with Crippen LogP contribution < -0.4 is 10.7 Å². The van der Waals surface area contributed by atoms with Gasteiger partial charge in [0, 0.05) is 23.3 Å². The lowest BCUT2D eigenvalue weighted by Crippen LogP contribution is -2.21. The number of aryl methyl sites for hydroxylation is 4. The maximum absolute atomic E-state index is 12.6. The number of amides is 1. The molecule has 0 aliphatic rings. The number of hydrogen-bond donors (Lipinski definition) is 1. The first-order chi connectivity index (χ1) is 11.8. The van der Waals surface area contributed by atoms with Gasteiger partial charge in [0.15, 0.2) is 5.43 Å². The van der Waals surface area contributed by atoms with Crippen LogP contribution in [-0.4, -0.2) is 10.5 Å². The number of nitrogens with one attached hydrogen (secondary N) is 1. The molecule has 0 radical (unpaired) electrons. The van der Waals surface area contributed by atoms with Crippen LogP contribution in [0.1, 0.15) is 22.3 Å². The fourth-order valence-corrected chi connectivity index (χ4v) is 3.27. The second kappa shape index (κ2) is 6.55. The van der Waals surface area contributed by atoms with Crippen molar-refractivity contribution < 1.29 is 4.79 Å². The molecule has 3 aromatic rings. The van der Waals surface area contributed by atoms with Crippen molar-refractivity contribution in [2.75, 3.05) is 5.32 Å². The van der Waals surface area contributed by atoms with Crippen molar-refractivity contribution in [2.24, 2.45) is 0 Å². The largest absolute Gasteiger partial charge is 0.338 e. The van der Waals surface area contributed by atoms with Gasteiger partial charge in [-0.15, -0.1) is 0 Å². The number of anilines is 1. The molecule has 0 saturated carbocycles. The molecule has 25 heavy (non-hydrogen) atoms. The normalized spacial score (nSPS) is 10.9. The van der Waals surface area contributed by atoms with Crippen molar-refractivity contribution in [1.29, 1.82) is 0 Å². The molecule has 4 heteroatoms. The first-order valence-corrected chi connectivity index (χ1v) is 8.32. The molecule has 1 heterocycles. The number of fused-ring (bicyclic) bond motifs is 1. The molecule has 0 aliphatic heterocycles. The fourth-order valence-electron chi connectivity index (χ4n) is 3.27. The molecule has 1 amide bonds. The number of aromatic nitrogens is 1. The van der Waals surface area contributed by atoms with Crippen molar-refractivity contribution in [2.45, 2.75) is 34.2 Å². The van der Waals surface area contributed by atoms with Gasteiger partial charge in [-0.05, 0) is 51.0 Å². The van der Waals surface area contributed by atoms with Crippen LogP contribution in [0.25, 0.3) is 10.9 Å². The third kappa shape index (κ3) is 3.48. The summed E-state index contributed by atoms with van der Waals surface area (Å²) in [5.41, 5.74) is 5.90. The number of benzene rings is 2. The third-order valence-electron chi connectivity index (χ3n) is 4.39. The molecule has 0 atom stereocenters. The maximum atomic E-state index is 12.6. The minimum Gasteiger partial charge on any atom is -0.338 e. The summed E-state index contributed by atoms with van der Waals surface area (Å²) in [7, 11) is 0. The molecule has 1 N–H and O–H groups in total. The molecule has 0 bridgehead atoms. The van der Waals surface area contributed by atoms with Crippen LogP contribution >= 0.6 is 0 Å². The Bertz CT molecular complexity index is 1010. The van der Waals surface area contributed by atoms with Gasteiger partial charge in [0.2, 0.25) is 5.91 Å². The summed E-state index contributed by atoms with van der Waals surface area (Å²) in [4.78, 5) is 24.6. The number of nitrogens with zero attached hydrogens (tertiary/aromatic N) is 1. The molecule has 2 aromatic carbocycles. The molecule has 1 aromatic heterocycles. The Kier molecular flexibility index (Phi) is 4.45. The van der Waals surface area contributed by atoms with Crippen molar-refractivity contribution in [3.63, 3.8) is 0 Å². The van der Waals surface area contributed by atoms with E-state index in [0.29, 0.717) is 5.39 Å². The monoisotopic (exact) mass is 334 g/mol. The zero-order valence-corrected chi connectivity index (χ0v) is 15.0. The first-order valence-electron chi connectivity index (χ1n) is 8.32. The average Bonchev–Trinajstić information content (AvgIpc) is 2.54. The van der Waals surface area contributed by atoms with Crippen LogP contribution in [0.2, 0.25) is 0 Å². The second-order valence-corrected chi connectivity index (χ2v) is 6.65. The Labute approximate surface area is 147 Å². The molecular formula is C21H22N2O2. The van der Waals surface area contributed by atoms with Crippen LogP contribution in [0.3, 0.4) is 0 Å². The van der Waals surface area contributed by atoms with E-state index >= 15 is 0 Å². The summed E-state index contributed by atoms with van der Waals surface area (Å²) in [6.07, 6.45) is 1.68. The van der Waals surface area contributed by atoms with Gasteiger partial charge in [0.05, 0.1) is 5.52 Å². The molecule has 3 rings (SSSR count). The summed E-state index contributed by atoms with van der Waals surface area (Å²) in [5, 5.41) is 3.64. The Morgan fingerprint density at radius 3 is 2.32 bits per heavy atom. The number of rotatable bonds is 3. The van der Waals surface area contributed by atoms with E-state index in [-0.39, 0.29) is 17.9 Å². The molecule has 0 aliphatic carbocycles. The van der Waals surface area contributed by atoms with Gasteiger partial charge in [-0.1, -0.05) is 29.3 Å². The minimum atomic E-state index is -0.111. The summed E-state index contributed by atoms with van der Waals surface area (Å²) >= 11 is 0. The van der Waals surface area contributed by atoms with E-state index in [4.69, 9.17) is 0 Å². The fraction of sp³-hybridized carbons (Fsp3) is 0.238. The number of pyridine rings is 1. The Morgan fingerprint density at radius 2 is 1.64 bits per heavy atom. The highest BCUT2D eigenvalue weighted by molar-refractivity contribution is 5.93. The van der Waals surface area contributed by atoms with Crippen molar-refractivity contribution in [3.05, 3.63) is 75.1 Å². The Morgan fingerprint density at radius 1 is 0.960 bits per heavy atom. The Balaban J connectivity index is 1.91. The standard InChI is InChI=1S/C21H22N2O2/c1-13-5-6-18-17(11-13)19(24)7-8-23(18)12-20(25)22-21-15(3)9-14(2)10-16(21)4/h5-11H,12H2,1-4H3,(H,22,25).